The number of carbonyl (C=O) groups excluding carboxylic acids is 2. The van der Waals surface area contributed by atoms with Gasteiger partial charge in [-0.1, -0.05) is 85.8 Å². The summed E-state index contributed by atoms with van der Waals surface area (Å²) in [6.07, 6.45) is 1.49. The number of carbonyl (C=O) groups is 2. The van der Waals surface area contributed by atoms with Crippen LogP contribution < -0.4 is 14.9 Å². The minimum absolute atomic E-state index is 0.179. The summed E-state index contributed by atoms with van der Waals surface area (Å²) in [6.45, 7) is 11.7. The minimum atomic E-state index is -0.760. The quantitative estimate of drug-likeness (QED) is 0.154. The lowest BCUT2D eigenvalue weighted by Gasteiger charge is -2.26. The predicted molar refractivity (Wildman–Crippen MR) is 191 cm³/mol. The maximum atomic E-state index is 14.3. The Morgan fingerprint density at radius 2 is 1.69 bits per heavy atom. The summed E-state index contributed by atoms with van der Waals surface area (Å²) in [5.41, 5.74) is 5.30. The molecule has 0 spiro atoms. The Morgan fingerprint density at radius 3 is 2.35 bits per heavy atom. The summed E-state index contributed by atoms with van der Waals surface area (Å²) >= 11 is 1.24. The van der Waals surface area contributed by atoms with Gasteiger partial charge in [-0.25, -0.2) is 14.6 Å². The number of aromatic nitrogens is 1. The van der Waals surface area contributed by atoms with Crippen LogP contribution in [0.1, 0.15) is 85.0 Å². The van der Waals surface area contributed by atoms with E-state index in [0.717, 1.165) is 27.8 Å². The summed E-state index contributed by atoms with van der Waals surface area (Å²) in [5, 5.41) is 0. The zero-order chi connectivity index (χ0) is 34.8. The molecule has 0 aliphatic carbocycles. The molecule has 9 heteroatoms. The van der Waals surface area contributed by atoms with E-state index in [1.165, 1.54) is 11.3 Å². The highest BCUT2D eigenvalue weighted by molar-refractivity contribution is 7.07. The van der Waals surface area contributed by atoms with Crippen LogP contribution in [0.2, 0.25) is 0 Å². The molecule has 1 atom stereocenters. The Bertz CT molecular complexity index is 2240. The average Bonchev–Trinajstić information content (AvgIpc) is 3.67. The van der Waals surface area contributed by atoms with Gasteiger partial charge in [0.1, 0.15) is 11.5 Å². The maximum absolute atomic E-state index is 14.3. The Labute approximate surface area is 288 Å². The van der Waals surface area contributed by atoms with Crippen LogP contribution in [-0.2, 0) is 14.3 Å². The first-order valence-corrected chi connectivity index (χ1v) is 17.2. The van der Waals surface area contributed by atoms with E-state index in [-0.39, 0.29) is 24.2 Å². The molecular formula is C40H38N2O6S. The van der Waals surface area contributed by atoms with E-state index in [9.17, 15) is 14.4 Å². The van der Waals surface area contributed by atoms with Crippen molar-refractivity contribution >= 4 is 35.0 Å². The van der Waals surface area contributed by atoms with Gasteiger partial charge in [-0.05, 0) is 74.6 Å². The van der Waals surface area contributed by atoms with Crippen LogP contribution in [0.3, 0.4) is 0 Å². The molecule has 3 heterocycles. The van der Waals surface area contributed by atoms with Gasteiger partial charge in [0.25, 0.3) is 5.56 Å². The van der Waals surface area contributed by atoms with Crippen LogP contribution in [0, 0.1) is 6.92 Å². The minimum Gasteiger partial charge on any atom is -0.463 e. The molecule has 0 amide bonds. The van der Waals surface area contributed by atoms with Crippen LogP contribution in [0.4, 0.5) is 0 Å². The van der Waals surface area contributed by atoms with E-state index in [1.54, 1.807) is 35.8 Å². The lowest BCUT2D eigenvalue weighted by molar-refractivity contribution is -0.138. The normalized spacial score (nSPS) is 14.6. The standard InChI is InChI=1S/C40H38N2O6S/c1-7-46-39(45)34-35(27-11-9-8-10-12-27)41-40-42(36(34)28-15-13-26(14-16-28)23(2)3)37(43)33(49-40)22-30-18-20-32(48-30)31-19-17-29(21-25(31)6)38(44)47-24(4)5/h8-24,36H,7H2,1-6H3/b33-22+/t36-/m0/s1. The molecule has 250 valence electrons. The van der Waals surface area contributed by atoms with E-state index in [0.29, 0.717) is 43.6 Å². The summed E-state index contributed by atoms with van der Waals surface area (Å²) in [4.78, 5) is 45.8. The fourth-order valence-electron chi connectivity index (χ4n) is 5.87. The summed E-state index contributed by atoms with van der Waals surface area (Å²) in [7, 11) is 0. The third-order valence-corrected chi connectivity index (χ3v) is 9.25. The number of aryl methyl sites for hydroxylation is 1. The fraction of sp³-hybridized carbons (Fsp3) is 0.250. The predicted octanol–water partition coefficient (Wildman–Crippen LogP) is 7.19. The van der Waals surface area contributed by atoms with Crippen molar-refractivity contribution in [2.75, 3.05) is 6.61 Å². The average molecular weight is 675 g/mol. The number of esters is 2. The summed E-state index contributed by atoms with van der Waals surface area (Å²) in [6, 6.07) is 25.7. The third kappa shape index (κ3) is 6.85. The number of furan rings is 1. The molecule has 1 aliphatic heterocycles. The SMILES string of the molecule is CCOC(=O)C1=C(c2ccccc2)N=c2s/c(=C/c3ccc(-c4ccc(C(=O)OC(C)C)cc4C)o3)c(=O)n2[C@H]1c1ccc(C(C)C)cc1. The van der Waals surface area contributed by atoms with Gasteiger partial charge in [-0.2, -0.15) is 0 Å². The van der Waals surface area contributed by atoms with Crippen molar-refractivity contribution < 1.29 is 23.5 Å². The zero-order valence-corrected chi connectivity index (χ0v) is 29.2. The number of benzene rings is 3. The van der Waals surface area contributed by atoms with Gasteiger partial charge in [0.15, 0.2) is 4.80 Å². The molecule has 0 saturated heterocycles. The van der Waals surface area contributed by atoms with Crippen LogP contribution in [-0.4, -0.2) is 29.2 Å². The fourth-order valence-corrected chi connectivity index (χ4v) is 6.85. The van der Waals surface area contributed by atoms with Crippen molar-refractivity contribution in [3.63, 3.8) is 0 Å². The van der Waals surface area contributed by atoms with Crippen LogP contribution in [0.25, 0.3) is 23.1 Å². The van der Waals surface area contributed by atoms with E-state index in [2.05, 4.69) is 13.8 Å². The van der Waals surface area contributed by atoms with Crippen LogP contribution in [0.5, 0.6) is 0 Å². The van der Waals surface area contributed by atoms with Gasteiger partial charge >= 0.3 is 11.9 Å². The van der Waals surface area contributed by atoms with Crippen molar-refractivity contribution in [3.05, 3.63) is 144 Å². The smallest absolute Gasteiger partial charge is 0.338 e. The zero-order valence-electron chi connectivity index (χ0n) is 28.4. The first-order chi connectivity index (χ1) is 23.5. The molecule has 49 heavy (non-hydrogen) atoms. The molecule has 0 unspecified atom stereocenters. The highest BCUT2D eigenvalue weighted by atomic mass is 32.1. The van der Waals surface area contributed by atoms with Crippen molar-refractivity contribution in [3.8, 4) is 11.3 Å². The molecule has 6 rings (SSSR count). The molecule has 0 N–H and O–H groups in total. The van der Waals surface area contributed by atoms with Crippen LogP contribution in [0.15, 0.2) is 105 Å². The topological polar surface area (TPSA) is 100 Å². The Balaban J connectivity index is 1.47. The largest absolute Gasteiger partial charge is 0.463 e. The molecule has 8 nitrogen and oxygen atoms in total. The molecular weight excluding hydrogens is 637 g/mol. The van der Waals surface area contributed by atoms with Crippen LogP contribution >= 0.6 is 11.3 Å². The summed E-state index contributed by atoms with van der Waals surface area (Å²) < 4.78 is 19.1. The monoisotopic (exact) mass is 674 g/mol. The second-order valence-corrected chi connectivity index (χ2v) is 13.4. The lowest BCUT2D eigenvalue weighted by Crippen LogP contribution is -2.40. The van der Waals surface area contributed by atoms with Crippen molar-refractivity contribution in [2.45, 2.75) is 59.6 Å². The maximum Gasteiger partial charge on any atom is 0.338 e. The van der Waals surface area contributed by atoms with Gasteiger partial charge in [-0.3, -0.25) is 9.36 Å². The van der Waals surface area contributed by atoms with E-state index >= 15 is 0 Å². The molecule has 0 fully saturated rings. The molecule has 5 aromatic rings. The van der Waals surface area contributed by atoms with E-state index < -0.39 is 12.0 Å². The van der Waals surface area contributed by atoms with Gasteiger partial charge < -0.3 is 13.9 Å². The number of fused-ring (bicyclic) bond motifs is 1. The van der Waals surface area contributed by atoms with Gasteiger partial charge in [0.2, 0.25) is 0 Å². The van der Waals surface area contributed by atoms with E-state index in [4.69, 9.17) is 18.9 Å². The molecule has 3 aromatic carbocycles. The highest BCUT2D eigenvalue weighted by Crippen LogP contribution is 2.36. The second-order valence-electron chi connectivity index (χ2n) is 12.4. The molecule has 0 saturated carbocycles. The molecule has 0 bridgehead atoms. The second kappa shape index (κ2) is 14.1. The summed E-state index contributed by atoms with van der Waals surface area (Å²) in [5.74, 6) is 0.494. The van der Waals surface area contributed by atoms with Gasteiger partial charge in [0.05, 0.1) is 40.1 Å². The van der Waals surface area contributed by atoms with E-state index in [1.807, 2.05) is 87.5 Å². The first kappa shape index (κ1) is 33.6. The van der Waals surface area contributed by atoms with Crippen molar-refractivity contribution in [1.29, 1.82) is 0 Å². The lowest BCUT2D eigenvalue weighted by atomic mass is 9.91. The Kier molecular flexibility index (Phi) is 9.65. The Morgan fingerprint density at radius 1 is 0.959 bits per heavy atom. The van der Waals surface area contributed by atoms with Crippen molar-refractivity contribution in [2.24, 2.45) is 4.99 Å². The molecule has 1 aliphatic rings. The molecule has 2 aromatic heterocycles. The Hall–Kier alpha value is -5.28. The number of nitrogens with zero attached hydrogens (tertiary/aromatic N) is 2. The van der Waals surface area contributed by atoms with Gasteiger partial charge in [-0.15, -0.1) is 0 Å². The molecule has 0 radical (unpaired) electrons. The van der Waals surface area contributed by atoms with Gasteiger partial charge in [0, 0.05) is 17.2 Å². The third-order valence-electron chi connectivity index (χ3n) is 8.26. The number of rotatable bonds is 9. The number of thiazole rings is 1. The number of hydrogen-bond acceptors (Lipinski definition) is 8. The van der Waals surface area contributed by atoms with Crippen molar-refractivity contribution in [1.82, 2.24) is 4.57 Å². The number of ether oxygens (including phenoxy) is 2. The highest BCUT2D eigenvalue weighted by Gasteiger charge is 2.35. The number of hydrogen-bond donors (Lipinski definition) is 0. The first-order valence-electron chi connectivity index (χ1n) is 16.4.